The van der Waals surface area contributed by atoms with Crippen molar-refractivity contribution in [3.8, 4) is 0 Å². The van der Waals surface area contributed by atoms with Crippen LogP contribution in [0.25, 0.3) is 10.9 Å². The lowest BCUT2D eigenvalue weighted by molar-refractivity contribution is 0.489. The second-order valence-corrected chi connectivity index (χ2v) is 4.82. The van der Waals surface area contributed by atoms with Gasteiger partial charge in [0.05, 0.1) is 11.2 Å². The summed E-state index contributed by atoms with van der Waals surface area (Å²) in [6.45, 7) is 9.37. The second-order valence-electron chi connectivity index (χ2n) is 4.82. The maximum absolute atomic E-state index is 4.72. The zero-order valence-corrected chi connectivity index (χ0v) is 10.9. The number of nitrogens with one attached hydrogen (secondary N) is 1. The van der Waals surface area contributed by atoms with E-state index in [9.17, 15) is 0 Å². The number of para-hydroxylation sites is 1. The highest BCUT2D eigenvalue weighted by molar-refractivity contribution is 5.81. The molecule has 0 amide bonds. The van der Waals surface area contributed by atoms with Crippen LogP contribution >= 0.6 is 0 Å². The first-order valence-corrected chi connectivity index (χ1v) is 6.37. The highest BCUT2D eigenvalue weighted by Crippen LogP contribution is 2.19. The van der Waals surface area contributed by atoms with Gasteiger partial charge >= 0.3 is 0 Å². The van der Waals surface area contributed by atoms with E-state index in [1.54, 1.807) is 0 Å². The molecular weight excluding hydrogens is 210 g/mol. The van der Waals surface area contributed by atoms with Crippen molar-refractivity contribution < 1.29 is 0 Å². The van der Waals surface area contributed by atoms with Crippen LogP contribution in [0.15, 0.2) is 24.3 Å². The molecule has 0 unspecified atom stereocenters. The predicted molar refractivity (Wildman–Crippen MR) is 72.0 cm³/mol. The molecular formula is C14H21N3. The molecule has 0 aliphatic carbocycles. The van der Waals surface area contributed by atoms with Gasteiger partial charge in [-0.1, -0.05) is 39.0 Å². The fourth-order valence-corrected chi connectivity index (χ4v) is 2.06. The summed E-state index contributed by atoms with van der Waals surface area (Å²) in [7, 11) is 0. The first kappa shape index (κ1) is 12.1. The van der Waals surface area contributed by atoms with E-state index < -0.39 is 0 Å². The Hall–Kier alpha value is -1.35. The Labute approximate surface area is 103 Å². The van der Waals surface area contributed by atoms with E-state index in [0.717, 1.165) is 25.3 Å². The summed E-state index contributed by atoms with van der Waals surface area (Å²) in [4.78, 5) is 0. The summed E-state index contributed by atoms with van der Waals surface area (Å²) in [5, 5.41) is 9.34. The highest BCUT2D eigenvalue weighted by Gasteiger charge is 2.09. The molecule has 0 atom stereocenters. The van der Waals surface area contributed by atoms with Crippen LogP contribution in [0.2, 0.25) is 0 Å². The Kier molecular flexibility index (Phi) is 3.79. The first-order chi connectivity index (χ1) is 8.22. The Morgan fingerprint density at radius 1 is 1.29 bits per heavy atom. The van der Waals surface area contributed by atoms with Crippen LogP contribution in [0, 0.1) is 5.92 Å². The normalized spacial score (nSPS) is 11.5. The van der Waals surface area contributed by atoms with Crippen molar-refractivity contribution in [2.75, 3.05) is 6.54 Å². The fourth-order valence-electron chi connectivity index (χ4n) is 2.06. The molecule has 0 aliphatic rings. The molecule has 1 heterocycles. The summed E-state index contributed by atoms with van der Waals surface area (Å²) in [6, 6.07) is 8.48. The minimum absolute atomic E-state index is 0.616. The van der Waals surface area contributed by atoms with E-state index >= 15 is 0 Å². The molecule has 3 heteroatoms. The Balaban J connectivity index is 2.39. The molecule has 0 saturated carbocycles. The molecule has 1 N–H and O–H groups in total. The van der Waals surface area contributed by atoms with Gasteiger partial charge in [0.25, 0.3) is 0 Å². The quantitative estimate of drug-likeness (QED) is 0.857. The van der Waals surface area contributed by atoms with Crippen LogP contribution in [0.1, 0.15) is 26.5 Å². The van der Waals surface area contributed by atoms with Gasteiger partial charge in [-0.3, -0.25) is 4.68 Å². The van der Waals surface area contributed by atoms with Crippen molar-refractivity contribution in [1.29, 1.82) is 0 Å². The minimum Gasteiger partial charge on any atom is -0.311 e. The molecule has 0 bridgehead atoms. The number of aromatic nitrogens is 2. The van der Waals surface area contributed by atoms with E-state index in [2.05, 4.69) is 55.0 Å². The molecule has 0 radical (unpaired) electrons. The largest absolute Gasteiger partial charge is 0.311 e. The van der Waals surface area contributed by atoms with Crippen LogP contribution in [0.4, 0.5) is 0 Å². The first-order valence-electron chi connectivity index (χ1n) is 6.37. The van der Waals surface area contributed by atoms with E-state index in [1.807, 2.05) is 0 Å². The van der Waals surface area contributed by atoms with Gasteiger partial charge in [-0.2, -0.15) is 5.10 Å². The van der Waals surface area contributed by atoms with Crippen molar-refractivity contribution in [2.45, 2.75) is 33.9 Å². The van der Waals surface area contributed by atoms with Crippen LogP contribution in [0.5, 0.6) is 0 Å². The minimum atomic E-state index is 0.616. The van der Waals surface area contributed by atoms with Gasteiger partial charge in [0, 0.05) is 18.5 Å². The zero-order valence-electron chi connectivity index (χ0n) is 10.9. The van der Waals surface area contributed by atoms with Crippen LogP contribution in [-0.2, 0) is 13.1 Å². The third-order valence-electron chi connectivity index (χ3n) is 2.81. The van der Waals surface area contributed by atoms with Gasteiger partial charge in [0.15, 0.2) is 0 Å². The predicted octanol–water partition coefficient (Wildman–Crippen LogP) is 2.80. The van der Waals surface area contributed by atoms with Crippen molar-refractivity contribution in [3.63, 3.8) is 0 Å². The second kappa shape index (κ2) is 5.32. The van der Waals surface area contributed by atoms with Gasteiger partial charge < -0.3 is 5.32 Å². The number of hydrogen-bond donors (Lipinski definition) is 1. The Morgan fingerprint density at radius 2 is 2.06 bits per heavy atom. The highest BCUT2D eigenvalue weighted by atomic mass is 15.3. The molecule has 2 aromatic rings. The van der Waals surface area contributed by atoms with E-state index in [4.69, 9.17) is 5.10 Å². The number of benzene rings is 1. The summed E-state index contributed by atoms with van der Waals surface area (Å²) >= 11 is 0. The van der Waals surface area contributed by atoms with Crippen molar-refractivity contribution >= 4 is 10.9 Å². The van der Waals surface area contributed by atoms with Crippen molar-refractivity contribution in [2.24, 2.45) is 5.92 Å². The number of fused-ring (bicyclic) bond motifs is 1. The monoisotopic (exact) mass is 231 g/mol. The zero-order chi connectivity index (χ0) is 12.3. The summed E-state index contributed by atoms with van der Waals surface area (Å²) in [5.74, 6) is 0.616. The summed E-state index contributed by atoms with van der Waals surface area (Å²) in [5.41, 5.74) is 2.40. The van der Waals surface area contributed by atoms with Gasteiger partial charge in [0.1, 0.15) is 0 Å². The number of hydrogen-bond acceptors (Lipinski definition) is 2. The standard InChI is InChI=1S/C14H21N3/c1-4-15-9-13-12-7-5-6-8-14(12)17(16-13)10-11(2)3/h5-8,11,15H,4,9-10H2,1-3H3. The van der Waals surface area contributed by atoms with Gasteiger partial charge in [0.2, 0.25) is 0 Å². The fraction of sp³-hybridized carbons (Fsp3) is 0.500. The summed E-state index contributed by atoms with van der Waals surface area (Å²) in [6.07, 6.45) is 0. The lowest BCUT2D eigenvalue weighted by Crippen LogP contribution is -2.13. The van der Waals surface area contributed by atoms with Gasteiger partial charge in [-0.25, -0.2) is 0 Å². The maximum Gasteiger partial charge on any atom is 0.0841 e. The summed E-state index contributed by atoms with van der Waals surface area (Å²) < 4.78 is 2.13. The molecule has 3 nitrogen and oxygen atoms in total. The number of rotatable bonds is 5. The van der Waals surface area contributed by atoms with Gasteiger partial charge in [-0.05, 0) is 18.5 Å². The van der Waals surface area contributed by atoms with E-state index in [1.165, 1.54) is 10.9 Å². The van der Waals surface area contributed by atoms with E-state index in [0.29, 0.717) is 5.92 Å². The van der Waals surface area contributed by atoms with E-state index in [-0.39, 0.29) is 0 Å². The molecule has 1 aromatic carbocycles. The molecule has 0 spiro atoms. The van der Waals surface area contributed by atoms with Crippen LogP contribution < -0.4 is 5.32 Å². The topological polar surface area (TPSA) is 29.9 Å². The molecule has 92 valence electrons. The third kappa shape index (κ3) is 2.67. The number of nitrogens with zero attached hydrogens (tertiary/aromatic N) is 2. The molecule has 2 rings (SSSR count). The molecule has 0 aliphatic heterocycles. The third-order valence-corrected chi connectivity index (χ3v) is 2.81. The van der Waals surface area contributed by atoms with Crippen molar-refractivity contribution in [1.82, 2.24) is 15.1 Å². The lowest BCUT2D eigenvalue weighted by atomic mass is 10.2. The SMILES string of the molecule is CCNCc1nn(CC(C)C)c2ccccc12. The Bertz CT molecular complexity index is 485. The van der Waals surface area contributed by atoms with Crippen molar-refractivity contribution in [3.05, 3.63) is 30.0 Å². The molecule has 17 heavy (non-hydrogen) atoms. The molecule has 0 fully saturated rings. The Morgan fingerprint density at radius 3 is 2.76 bits per heavy atom. The molecule has 1 aromatic heterocycles. The average Bonchev–Trinajstić information content (AvgIpc) is 2.65. The average molecular weight is 231 g/mol. The lowest BCUT2D eigenvalue weighted by Gasteiger charge is -2.05. The smallest absolute Gasteiger partial charge is 0.0841 e. The molecule has 0 saturated heterocycles. The maximum atomic E-state index is 4.72. The van der Waals surface area contributed by atoms with Crippen LogP contribution in [0.3, 0.4) is 0 Å². The van der Waals surface area contributed by atoms with Gasteiger partial charge in [-0.15, -0.1) is 0 Å². The van der Waals surface area contributed by atoms with Crippen LogP contribution in [-0.4, -0.2) is 16.3 Å².